The lowest BCUT2D eigenvalue weighted by Gasteiger charge is -2.25. The number of carbonyl (C=O) groups is 2. The molecule has 0 aliphatic rings. The van der Waals surface area contributed by atoms with E-state index in [0.717, 1.165) is 12.8 Å². The van der Waals surface area contributed by atoms with E-state index in [2.05, 4.69) is 0 Å². The minimum atomic E-state index is -1.03. The van der Waals surface area contributed by atoms with Crippen LogP contribution < -0.4 is 0 Å². The number of rotatable bonds is 8. The zero-order valence-electron chi connectivity index (χ0n) is 13.7. The quantitative estimate of drug-likeness (QED) is 0.430. The van der Waals surface area contributed by atoms with Gasteiger partial charge in [-0.05, 0) is 31.4 Å². The summed E-state index contributed by atoms with van der Waals surface area (Å²) >= 11 is 5.70. The first-order valence-corrected chi connectivity index (χ1v) is 8.52. The van der Waals surface area contributed by atoms with Gasteiger partial charge in [0.05, 0.1) is 5.41 Å². The number of carbonyl (C=O) groups excluding carboxylic acids is 1. The molecule has 2 rings (SSSR count). The number of carboxylic acid groups (broad SMARTS) is 1. The molecule has 1 unspecified atom stereocenters. The van der Waals surface area contributed by atoms with E-state index in [4.69, 9.17) is 11.6 Å². The van der Waals surface area contributed by atoms with Crippen molar-refractivity contribution in [2.75, 3.05) is 5.88 Å². The second-order valence-corrected chi connectivity index (χ2v) is 6.44. The smallest absolute Gasteiger partial charge is 0.313 e. The molecule has 1 N–H and O–H groups in total. The lowest BCUT2D eigenvalue weighted by molar-refractivity contribution is -0.143. The highest BCUT2D eigenvalue weighted by Gasteiger charge is 2.35. The third-order valence-electron chi connectivity index (χ3n) is 4.33. The molecule has 2 aromatic rings. The van der Waals surface area contributed by atoms with Crippen LogP contribution in [0, 0.1) is 0 Å². The summed E-state index contributed by atoms with van der Waals surface area (Å²) in [6.45, 7) is 1.70. The maximum Gasteiger partial charge on any atom is 0.313 e. The van der Waals surface area contributed by atoms with Crippen molar-refractivity contribution in [3.8, 4) is 0 Å². The average Bonchev–Trinajstić information content (AvgIpc) is 2.62. The number of hydrogen-bond acceptors (Lipinski definition) is 2. The van der Waals surface area contributed by atoms with Crippen LogP contribution in [0.3, 0.4) is 0 Å². The van der Waals surface area contributed by atoms with Gasteiger partial charge in [0.15, 0.2) is 5.78 Å². The molecule has 0 aliphatic heterocycles. The summed E-state index contributed by atoms with van der Waals surface area (Å²) in [6, 6.07) is 15.9. The Morgan fingerprint density at radius 2 is 1.67 bits per heavy atom. The predicted octanol–water partition coefficient (Wildman–Crippen LogP) is 4.67. The minimum Gasteiger partial charge on any atom is -0.481 e. The molecule has 0 amide bonds. The Labute approximate surface area is 147 Å². The normalized spacial score (nSPS) is 13.2. The van der Waals surface area contributed by atoms with E-state index in [-0.39, 0.29) is 5.78 Å². The van der Waals surface area contributed by atoms with E-state index in [1.54, 1.807) is 43.3 Å². The van der Waals surface area contributed by atoms with Crippen molar-refractivity contribution < 1.29 is 14.7 Å². The van der Waals surface area contributed by atoms with Crippen molar-refractivity contribution in [3.63, 3.8) is 0 Å². The molecule has 0 fully saturated rings. The number of aliphatic carboxylic acids is 1. The molecule has 4 heteroatoms. The van der Waals surface area contributed by atoms with Crippen molar-refractivity contribution >= 4 is 23.4 Å². The van der Waals surface area contributed by atoms with Gasteiger partial charge in [-0.1, -0.05) is 55.0 Å². The number of hydrogen-bond donors (Lipinski definition) is 1. The van der Waals surface area contributed by atoms with Crippen LogP contribution in [-0.2, 0) is 10.2 Å². The van der Waals surface area contributed by atoms with Gasteiger partial charge in [-0.15, -0.1) is 11.6 Å². The van der Waals surface area contributed by atoms with Crippen LogP contribution in [0.4, 0.5) is 0 Å². The molecule has 0 saturated carbocycles. The zero-order valence-corrected chi connectivity index (χ0v) is 14.4. The van der Waals surface area contributed by atoms with Crippen molar-refractivity contribution in [2.45, 2.75) is 31.6 Å². The van der Waals surface area contributed by atoms with Crippen molar-refractivity contribution in [1.82, 2.24) is 0 Å². The summed E-state index contributed by atoms with van der Waals surface area (Å²) in [5.41, 5.74) is 0.711. The van der Waals surface area contributed by atoms with Crippen molar-refractivity contribution in [1.29, 1.82) is 0 Å². The number of alkyl halides is 1. The standard InChI is InChI=1S/C20H21ClO3/c1-20(19(23)24,12-5-6-13-21)17-11-7-10-16(14-17)18(22)15-8-3-2-4-9-15/h2-4,7-11,14H,5-6,12-13H2,1H3,(H,23,24). The Morgan fingerprint density at radius 3 is 2.29 bits per heavy atom. The zero-order chi connectivity index (χ0) is 17.6. The Morgan fingerprint density at radius 1 is 1.00 bits per heavy atom. The van der Waals surface area contributed by atoms with Crippen LogP contribution in [0.2, 0.25) is 0 Å². The summed E-state index contributed by atoms with van der Waals surface area (Å²) in [7, 11) is 0. The Bertz CT molecular complexity index is 712. The third-order valence-corrected chi connectivity index (χ3v) is 4.60. The Balaban J connectivity index is 2.33. The van der Waals surface area contributed by atoms with Crippen molar-refractivity contribution in [3.05, 3.63) is 71.3 Å². The first-order valence-electron chi connectivity index (χ1n) is 7.98. The van der Waals surface area contributed by atoms with E-state index in [1.807, 2.05) is 18.2 Å². The van der Waals surface area contributed by atoms with E-state index < -0.39 is 11.4 Å². The molecular weight excluding hydrogens is 324 g/mol. The van der Waals surface area contributed by atoms with Crippen LogP contribution in [0.1, 0.15) is 47.7 Å². The summed E-state index contributed by atoms with van der Waals surface area (Å²) in [4.78, 5) is 24.4. The van der Waals surface area contributed by atoms with Crippen LogP contribution in [0.15, 0.2) is 54.6 Å². The second-order valence-electron chi connectivity index (χ2n) is 6.06. The first-order chi connectivity index (χ1) is 11.5. The van der Waals surface area contributed by atoms with Gasteiger partial charge in [0.1, 0.15) is 0 Å². The molecule has 2 aromatic carbocycles. The second kappa shape index (κ2) is 8.11. The summed E-state index contributed by atoms with van der Waals surface area (Å²) in [6.07, 6.45) is 1.98. The molecular formula is C20H21ClO3. The van der Waals surface area contributed by atoms with Crippen molar-refractivity contribution in [2.24, 2.45) is 0 Å². The number of carboxylic acids is 1. The minimum absolute atomic E-state index is 0.106. The molecule has 126 valence electrons. The molecule has 3 nitrogen and oxygen atoms in total. The van der Waals surface area contributed by atoms with Gasteiger partial charge < -0.3 is 5.11 Å². The highest BCUT2D eigenvalue weighted by Crippen LogP contribution is 2.31. The Kier molecular flexibility index (Phi) is 6.16. The van der Waals surface area contributed by atoms with Gasteiger partial charge in [0, 0.05) is 17.0 Å². The molecule has 0 heterocycles. The van der Waals surface area contributed by atoms with E-state index in [9.17, 15) is 14.7 Å². The number of halogens is 1. The molecule has 24 heavy (non-hydrogen) atoms. The van der Waals surface area contributed by atoms with E-state index in [1.165, 1.54) is 0 Å². The molecule has 1 atom stereocenters. The Hall–Kier alpha value is -2.13. The molecule has 0 aliphatic carbocycles. The van der Waals surface area contributed by atoms with Gasteiger partial charge in [-0.25, -0.2) is 0 Å². The van der Waals surface area contributed by atoms with Crippen LogP contribution in [0.25, 0.3) is 0 Å². The van der Waals surface area contributed by atoms with Gasteiger partial charge in [-0.3, -0.25) is 9.59 Å². The lowest BCUT2D eigenvalue weighted by atomic mass is 9.77. The fourth-order valence-electron chi connectivity index (χ4n) is 2.71. The number of unbranched alkanes of at least 4 members (excludes halogenated alkanes) is 1. The fraction of sp³-hybridized carbons (Fsp3) is 0.300. The van der Waals surface area contributed by atoms with E-state index in [0.29, 0.717) is 29.0 Å². The molecule has 0 spiro atoms. The highest BCUT2D eigenvalue weighted by molar-refractivity contribution is 6.17. The summed E-state index contributed by atoms with van der Waals surface area (Å²) < 4.78 is 0. The predicted molar refractivity (Wildman–Crippen MR) is 95.9 cm³/mol. The van der Waals surface area contributed by atoms with Crippen LogP contribution in [-0.4, -0.2) is 22.7 Å². The van der Waals surface area contributed by atoms with Gasteiger partial charge in [-0.2, -0.15) is 0 Å². The molecule has 0 bridgehead atoms. The third kappa shape index (κ3) is 4.04. The summed E-state index contributed by atoms with van der Waals surface area (Å²) in [5.74, 6) is -0.477. The van der Waals surface area contributed by atoms with E-state index >= 15 is 0 Å². The number of benzene rings is 2. The molecule has 0 radical (unpaired) electrons. The van der Waals surface area contributed by atoms with Crippen LogP contribution >= 0.6 is 11.6 Å². The lowest BCUT2D eigenvalue weighted by Crippen LogP contribution is -2.32. The van der Waals surface area contributed by atoms with Crippen LogP contribution in [0.5, 0.6) is 0 Å². The topological polar surface area (TPSA) is 54.4 Å². The maximum absolute atomic E-state index is 12.6. The van der Waals surface area contributed by atoms with Gasteiger partial charge in [0.2, 0.25) is 0 Å². The highest BCUT2D eigenvalue weighted by atomic mass is 35.5. The largest absolute Gasteiger partial charge is 0.481 e. The maximum atomic E-state index is 12.6. The van der Waals surface area contributed by atoms with Gasteiger partial charge >= 0.3 is 5.97 Å². The first kappa shape index (κ1) is 18.2. The molecule has 0 aromatic heterocycles. The average molecular weight is 345 g/mol. The number of ketones is 1. The fourth-order valence-corrected chi connectivity index (χ4v) is 2.90. The molecule has 0 saturated heterocycles. The summed E-state index contributed by atoms with van der Waals surface area (Å²) in [5, 5.41) is 9.71. The van der Waals surface area contributed by atoms with Gasteiger partial charge in [0.25, 0.3) is 0 Å². The SMILES string of the molecule is CC(CCCCCl)(C(=O)O)c1cccc(C(=O)c2ccccc2)c1. The monoisotopic (exact) mass is 344 g/mol.